The van der Waals surface area contributed by atoms with E-state index in [9.17, 15) is 9.18 Å². The topological polar surface area (TPSA) is 73.8 Å². The van der Waals surface area contributed by atoms with E-state index in [1.807, 2.05) is 4.90 Å². The van der Waals surface area contributed by atoms with Gasteiger partial charge >= 0.3 is 0 Å². The maximum absolute atomic E-state index is 15.6. The fraction of sp³-hybridized carbons (Fsp3) is 0.393. The smallest absolute Gasteiger partial charge is 0.255 e. The monoisotopic (exact) mass is 522 g/mol. The first kappa shape index (κ1) is 26.0. The third-order valence-corrected chi connectivity index (χ3v) is 7.38. The van der Waals surface area contributed by atoms with Crippen LogP contribution in [0.1, 0.15) is 24.2 Å². The maximum atomic E-state index is 15.6. The second kappa shape index (κ2) is 11.0. The largest absolute Gasteiger partial charge is 0.378 e. The summed E-state index contributed by atoms with van der Waals surface area (Å²) >= 11 is 0. The van der Waals surface area contributed by atoms with Crippen molar-refractivity contribution in [1.29, 1.82) is 0 Å². The van der Waals surface area contributed by atoms with E-state index in [1.54, 1.807) is 18.5 Å². The number of amides is 1. The number of likely N-dealkylation sites (N-methyl/N-ethyl adjacent to an activating group) is 1. The number of nitrogens with one attached hydrogen (secondary N) is 1. The molecule has 1 amide bonds. The molecule has 3 heterocycles. The number of ether oxygens (including phenoxy) is 1. The molecule has 0 saturated carbocycles. The number of aromatic nitrogens is 2. The van der Waals surface area contributed by atoms with Gasteiger partial charge in [-0.1, -0.05) is 0 Å². The summed E-state index contributed by atoms with van der Waals surface area (Å²) in [6.07, 6.45) is 3.20. The highest BCUT2D eigenvalue weighted by atomic mass is 19.1. The van der Waals surface area contributed by atoms with Crippen LogP contribution in [0.25, 0.3) is 11.1 Å². The van der Waals surface area contributed by atoms with E-state index < -0.39 is 17.5 Å². The van der Waals surface area contributed by atoms with Crippen LogP contribution >= 0.6 is 0 Å². The average Bonchev–Trinajstić information content (AvgIpc) is 2.93. The standard InChI is InChI=1S/C28H32F2N6O2/c1-18-16-36(17-19(2)34(18)3)26-13-24(30)23(12-25(26)33-27(37)20-4-6-22(29)7-5-20)21-14-31-28(32-15-21)35-8-10-38-11-9-35/h4-7,12-15,18-19H,8-11,16-17H2,1-3H3,(H,33,37)/t18-,19+. The minimum atomic E-state index is -0.429. The Balaban J connectivity index is 1.50. The number of anilines is 3. The molecule has 2 saturated heterocycles. The molecule has 2 atom stereocenters. The minimum Gasteiger partial charge on any atom is -0.378 e. The summed E-state index contributed by atoms with van der Waals surface area (Å²) in [7, 11) is 2.08. The van der Waals surface area contributed by atoms with Gasteiger partial charge in [0.25, 0.3) is 5.91 Å². The zero-order valence-corrected chi connectivity index (χ0v) is 21.8. The van der Waals surface area contributed by atoms with E-state index in [2.05, 4.69) is 46.0 Å². The summed E-state index contributed by atoms with van der Waals surface area (Å²) in [5, 5.41) is 2.94. The Morgan fingerprint density at radius 3 is 2.24 bits per heavy atom. The number of hydrogen-bond acceptors (Lipinski definition) is 7. The first-order valence-corrected chi connectivity index (χ1v) is 12.8. The van der Waals surface area contributed by atoms with E-state index >= 15 is 4.39 Å². The van der Waals surface area contributed by atoms with Crippen LogP contribution in [-0.4, -0.2) is 79.3 Å². The molecule has 38 heavy (non-hydrogen) atoms. The van der Waals surface area contributed by atoms with Crippen molar-refractivity contribution in [3.05, 3.63) is 66.0 Å². The molecule has 200 valence electrons. The Morgan fingerprint density at radius 1 is 0.974 bits per heavy atom. The van der Waals surface area contributed by atoms with Gasteiger partial charge in [0.1, 0.15) is 11.6 Å². The number of hydrogen-bond donors (Lipinski definition) is 1. The Hall–Kier alpha value is -3.63. The van der Waals surface area contributed by atoms with E-state index in [0.29, 0.717) is 67.8 Å². The lowest BCUT2D eigenvalue weighted by molar-refractivity contribution is 0.102. The van der Waals surface area contributed by atoms with Gasteiger partial charge in [0.2, 0.25) is 5.95 Å². The van der Waals surface area contributed by atoms with Gasteiger partial charge in [-0.25, -0.2) is 18.7 Å². The van der Waals surface area contributed by atoms with Crippen LogP contribution in [0.3, 0.4) is 0 Å². The molecule has 0 aliphatic carbocycles. The van der Waals surface area contributed by atoms with Gasteiger partial charge in [-0.15, -0.1) is 0 Å². The minimum absolute atomic E-state index is 0.239. The lowest BCUT2D eigenvalue weighted by atomic mass is 10.0. The van der Waals surface area contributed by atoms with Gasteiger partial charge in [-0.3, -0.25) is 9.69 Å². The lowest BCUT2D eigenvalue weighted by Gasteiger charge is -2.44. The summed E-state index contributed by atoms with van der Waals surface area (Å²) < 4.78 is 34.4. The number of piperazine rings is 1. The molecule has 2 aromatic carbocycles. The molecule has 3 aromatic rings. The highest BCUT2D eigenvalue weighted by Crippen LogP contribution is 2.36. The van der Waals surface area contributed by atoms with Gasteiger partial charge in [-0.2, -0.15) is 0 Å². The molecule has 1 N–H and O–H groups in total. The Morgan fingerprint density at radius 2 is 1.61 bits per heavy atom. The van der Waals surface area contributed by atoms with Crippen LogP contribution in [-0.2, 0) is 4.74 Å². The van der Waals surface area contributed by atoms with Crippen LogP contribution < -0.4 is 15.1 Å². The molecule has 0 radical (unpaired) electrons. The number of carbonyl (C=O) groups excluding carboxylic acids is 1. The first-order valence-electron chi connectivity index (χ1n) is 12.8. The SMILES string of the molecule is C[C@@H]1CN(c2cc(F)c(-c3cnc(N4CCOCC4)nc3)cc2NC(=O)c2ccc(F)cc2)C[C@H](C)N1C. The molecule has 2 aliphatic heterocycles. The van der Waals surface area contributed by atoms with Gasteiger partial charge in [0.15, 0.2) is 0 Å². The van der Waals surface area contributed by atoms with E-state index in [4.69, 9.17) is 4.74 Å². The van der Waals surface area contributed by atoms with Crippen molar-refractivity contribution in [2.45, 2.75) is 25.9 Å². The van der Waals surface area contributed by atoms with Crippen molar-refractivity contribution in [1.82, 2.24) is 14.9 Å². The number of benzene rings is 2. The van der Waals surface area contributed by atoms with Crippen molar-refractivity contribution < 1.29 is 18.3 Å². The van der Waals surface area contributed by atoms with Crippen molar-refractivity contribution >= 4 is 23.2 Å². The van der Waals surface area contributed by atoms with Crippen LogP contribution in [0.15, 0.2) is 48.8 Å². The van der Waals surface area contributed by atoms with E-state index in [0.717, 1.165) is 0 Å². The number of halogens is 2. The summed E-state index contributed by atoms with van der Waals surface area (Å²) in [5.74, 6) is -0.689. The Labute approximate surface area is 221 Å². The fourth-order valence-electron chi connectivity index (χ4n) is 4.93. The summed E-state index contributed by atoms with van der Waals surface area (Å²) in [6.45, 7) is 8.22. The van der Waals surface area contributed by atoms with Gasteiger partial charge in [0, 0.05) is 67.3 Å². The Bertz CT molecular complexity index is 1270. The third-order valence-electron chi connectivity index (χ3n) is 7.38. The molecular formula is C28H32F2N6O2. The van der Waals surface area contributed by atoms with Crippen molar-refractivity contribution in [2.24, 2.45) is 0 Å². The maximum Gasteiger partial charge on any atom is 0.255 e. The molecule has 1 aromatic heterocycles. The molecule has 0 bridgehead atoms. The molecule has 0 unspecified atom stereocenters. The zero-order chi connectivity index (χ0) is 26.8. The number of nitrogens with zero attached hydrogens (tertiary/aromatic N) is 5. The van der Waals surface area contributed by atoms with Crippen LogP contribution in [0.5, 0.6) is 0 Å². The number of carbonyl (C=O) groups is 1. The quantitative estimate of drug-likeness (QED) is 0.542. The summed E-state index contributed by atoms with van der Waals surface area (Å²) in [5.41, 5.74) is 2.16. The highest BCUT2D eigenvalue weighted by molar-refractivity contribution is 6.06. The first-order chi connectivity index (χ1) is 18.3. The molecule has 0 spiro atoms. The predicted octanol–water partition coefficient (Wildman–Crippen LogP) is 4.04. The Kier molecular flexibility index (Phi) is 7.53. The fourth-order valence-corrected chi connectivity index (χ4v) is 4.93. The van der Waals surface area contributed by atoms with E-state index in [-0.39, 0.29) is 17.6 Å². The second-order valence-corrected chi connectivity index (χ2v) is 9.95. The van der Waals surface area contributed by atoms with Crippen molar-refractivity contribution in [3.8, 4) is 11.1 Å². The predicted molar refractivity (Wildman–Crippen MR) is 144 cm³/mol. The molecule has 10 heteroatoms. The van der Waals surface area contributed by atoms with Gasteiger partial charge in [-0.05, 0) is 57.3 Å². The number of morpholine rings is 1. The summed E-state index contributed by atoms with van der Waals surface area (Å²) in [6, 6.07) is 8.90. The van der Waals surface area contributed by atoms with E-state index in [1.165, 1.54) is 30.3 Å². The average molecular weight is 523 g/mol. The van der Waals surface area contributed by atoms with Crippen LogP contribution in [0, 0.1) is 11.6 Å². The highest BCUT2D eigenvalue weighted by Gasteiger charge is 2.29. The third kappa shape index (κ3) is 5.46. The van der Waals surface area contributed by atoms with Gasteiger partial charge in [0.05, 0.1) is 24.6 Å². The van der Waals surface area contributed by atoms with Crippen LogP contribution in [0.4, 0.5) is 26.1 Å². The number of rotatable bonds is 5. The van der Waals surface area contributed by atoms with Crippen molar-refractivity contribution in [3.63, 3.8) is 0 Å². The van der Waals surface area contributed by atoms with Gasteiger partial charge < -0.3 is 19.9 Å². The molecule has 2 aliphatic rings. The molecule has 8 nitrogen and oxygen atoms in total. The summed E-state index contributed by atoms with van der Waals surface area (Å²) in [4.78, 5) is 28.4. The van der Waals surface area contributed by atoms with Crippen LogP contribution in [0.2, 0.25) is 0 Å². The zero-order valence-electron chi connectivity index (χ0n) is 21.8. The second-order valence-electron chi connectivity index (χ2n) is 9.95. The van der Waals surface area contributed by atoms with Crippen molar-refractivity contribution in [2.75, 3.05) is 61.6 Å². The molecule has 2 fully saturated rings. The normalized spacial score (nSPS) is 20.4. The lowest BCUT2D eigenvalue weighted by Crippen LogP contribution is -2.55. The molecular weight excluding hydrogens is 490 g/mol. The molecule has 5 rings (SSSR count).